The van der Waals surface area contributed by atoms with Gasteiger partial charge >= 0.3 is 0 Å². The number of carbonyl (C=O) groups is 1. The van der Waals surface area contributed by atoms with E-state index < -0.39 is 0 Å². The van der Waals surface area contributed by atoms with Crippen molar-refractivity contribution >= 4 is 17.7 Å². The number of aromatic nitrogens is 3. The molecule has 0 radical (unpaired) electrons. The highest BCUT2D eigenvalue weighted by Gasteiger charge is 2.18. The van der Waals surface area contributed by atoms with Crippen LogP contribution in [-0.4, -0.2) is 39.6 Å². The summed E-state index contributed by atoms with van der Waals surface area (Å²) in [6.45, 7) is 2.07. The summed E-state index contributed by atoms with van der Waals surface area (Å²) >= 11 is 1.64. The third kappa shape index (κ3) is 6.16. The van der Waals surface area contributed by atoms with Crippen LogP contribution in [0.5, 0.6) is 5.75 Å². The predicted molar refractivity (Wildman–Crippen MR) is 133 cm³/mol. The van der Waals surface area contributed by atoms with Crippen LogP contribution in [0.2, 0.25) is 0 Å². The largest absolute Gasteiger partial charge is 0.497 e. The molecule has 1 amide bonds. The molecule has 3 aromatic rings. The molecule has 2 aromatic carbocycles. The van der Waals surface area contributed by atoms with Crippen LogP contribution in [-0.2, 0) is 4.79 Å². The third-order valence-corrected chi connectivity index (χ3v) is 7.04. The molecule has 7 heteroatoms. The average Bonchev–Trinajstić information content (AvgIpc) is 3.27. The zero-order chi connectivity index (χ0) is 23.0. The number of nitrogens with one attached hydrogen (secondary N) is 1. The van der Waals surface area contributed by atoms with Crippen molar-refractivity contribution in [2.24, 2.45) is 0 Å². The van der Waals surface area contributed by atoms with Crippen molar-refractivity contribution in [2.75, 3.05) is 12.9 Å². The number of amides is 1. The lowest BCUT2D eigenvalue weighted by atomic mass is 9.95. The standard InChI is InChI=1S/C26H32N4O2S/c1-19-10-12-20(13-11-19)25-28-29-26(30(25)22-14-16-23(32-2)17-15-22)33-18-6-9-24(31)27-21-7-4-3-5-8-21/h10-17,21H,3-9,18H2,1-2H3,(H,27,31). The molecule has 1 aliphatic rings. The van der Waals surface area contributed by atoms with Gasteiger partial charge in [0, 0.05) is 29.5 Å². The first kappa shape index (κ1) is 23.4. The van der Waals surface area contributed by atoms with E-state index in [-0.39, 0.29) is 5.91 Å². The van der Waals surface area contributed by atoms with Crippen molar-refractivity contribution in [3.8, 4) is 22.8 Å². The van der Waals surface area contributed by atoms with E-state index in [0.717, 1.165) is 53.0 Å². The fraction of sp³-hybridized carbons (Fsp3) is 0.423. The molecule has 1 fully saturated rings. The summed E-state index contributed by atoms with van der Waals surface area (Å²) in [7, 11) is 1.66. The highest BCUT2D eigenvalue weighted by atomic mass is 32.2. The summed E-state index contributed by atoms with van der Waals surface area (Å²) < 4.78 is 7.40. The maximum Gasteiger partial charge on any atom is 0.220 e. The fourth-order valence-corrected chi connectivity index (χ4v) is 5.05. The number of rotatable bonds is 9. The van der Waals surface area contributed by atoms with Crippen molar-refractivity contribution in [2.45, 2.75) is 63.1 Å². The first-order valence-electron chi connectivity index (χ1n) is 11.7. The normalized spacial score (nSPS) is 14.2. The lowest BCUT2D eigenvalue weighted by Crippen LogP contribution is -2.36. The van der Waals surface area contributed by atoms with Crippen LogP contribution in [0.4, 0.5) is 0 Å². The maximum absolute atomic E-state index is 12.3. The number of hydrogen-bond acceptors (Lipinski definition) is 5. The molecule has 1 heterocycles. The van der Waals surface area contributed by atoms with Gasteiger partial charge in [-0.2, -0.15) is 0 Å². The molecule has 0 saturated heterocycles. The Morgan fingerprint density at radius 3 is 2.48 bits per heavy atom. The topological polar surface area (TPSA) is 69.0 Å². The smallest absolute Gasteiger partial charge is 0.220 e. The van der Waals surface area contributed by atoms with E-state index in [9.17, 15) is 4.79 Å². The van der Waals surface area contributed by atoms with Crippen LogP contribution in [0.3, 0.4) is 0 Å². The van der Waals surface area contributed by atoms with Gasteiger partial charge in [-0.25, -0.2) is 0 Å². The molecular formula is C26H32N4O2S. The average molecular weight is 465 g/mol. The highest BCUT2D eigenvalue weighted by Crippen LogP contribution is 2.29. The Balaban J connectivity index is 1.44. The SMILES string of the molecule is COc1ccc(-n2c(SCCCC(=O)NC3CCCCC3)nnc2-c2ccc(C)cc2)cc1. The Morgan fingerprint density at radius 2 is 1.79 bits per heavy atom. The first-order valence-corrected chi connectivity index (χ1v) is 12.7. The van der Waals surface area contributed by atoms with E-state index in [2.05, 4.69) is 51.3 Å². The van der Waals surface area contributed by atoms with Gasteiger partial charge in [-0.3, -0.25) is 9.36 Å². The molecule has 33 heavy (non-hydrogen) atoms. The van der Waals surface area contributed by atoms with E-state index in [1.165, 1.54) is 24.8 Å². The van der Waals surface area contributed by atoms with Gasteiger partial charge in [0.2, 0.25) is 5.91 Å². The Kier molecular flexibility index (Phi) is 8.05. The summed E-state index contributed by atoms with van der Waals surface area (Å²) in [6.07, 6.45) is 7.34. The van der Waals surface area contributed by atoms with Gasteiger partial charge in [0.1, 0.15) is 5.75 Å². The van der Waals surface area contributed by atoms with Gasteiger partial charge in [0.05, 0.1) is 7.11 Å². The Bertz CT molecular complexity index is 1040. The second-order valence-electron chi connectivity index (χ2n) is 8.56. The van der Waals surface area contributed by atoms with Crippen molar-refractivity contribution < 1.29 is 9.53 Å². The molecule has 1 aliphatic carbocycles. The van der Waals surface area contributed by atoms with E-state index in [0.29, 0.717) is 12.5 Å². The lowest BCUT2D eigenvalue weighted by Gasteiger charge is -2.22. The Hall–Kier alpha value is -2.80. The number of nitrogens with zero attached hydrogens (tertiary/aromatic N) is 3. The third-order valence-electron chi connectivity index (χ3n) is 6.02. The van der Waals surface area contributed by atoms with Crippen LogP contribution >= 0.6 is 11.8 Å². The molecule has 1 N–H and O–H groups in total. The Morgan fingerprint density at radius 1 is 1.06 bits per heavy atom. The Labute approximate surface area is 200 Å². The molecule has 6 nitrogen and oxygen atoms in total. The number of aryl methyl sites for hydroxylation is 1. The molecule has 0 unspecified atom stereocenters. The lowest BCUT2D eigenvalue weighted by molar-refractivity contribution is -0.122. The summed E-state index contributed by atoms with van der Waals surface area (Å²) in [5.74, 6) is 2.58. The molecule has 1 aromatic heterocycles. The minimum atomic E-state index is 0.166. The van der Waals surface area contributed by atoms with Gasteiger partial charge < -0.3 is 10.1 Å². The molecule has 4 rings (SSSR count). The number of ether oxygens (including phenoxy) is 1. The predicted octanol–water partition coefficient (Wildman–Crippen LogP) is 5.57. The number of hydrogen-bond donors (Lipinski definition) is 1. The highest BCUT2D eigenvalue weighted by molar-refractivity contribution is 7.99. The van der Waals surface area contributed by atoms with E-state index >= 15 is 0 Å². The molecule has 0 bridgehead atoms. The van der Waals surface area contributed by atoms with Crippen LogP contribution in [0, 0.1) is 6.92 Å². The van der Waals surface area contributed by atoms with Crippen LogP contribution < -0.4 is 10.1 Å². The molecule has 1 saturated carbocycles. The van der Waals surface area contributed by atoms with Crippen LogP contribution in [0.15, 0.2) is 53.7 Å². The van der Waals surface area contributed by atoms with Crippen LogP contribution in [0.25, 0.3) is 17.1 Å². The zero-order valence-electron chi connectivity index (χ0n) is 19.4. The molecule has 0 atom stereocenters. The summed E-state index contributed by atoms with van der Waals surface area (Å²) in [5.41, 5.74) is 3.20. The van der Waals surface area contributed by atoms with Crippen molar-refractivity contribution in [1.82, 2.24) is 20.1 Å². The van der Waals surface area contributed by atoms with Gasteiger partial charge in [-0.15, -0.1) is 10.2 Å². The van der Waals surface area contributed by atoms with E-state index in [4.69, 9.17) is 4.74 Å². The zero-order valence-corrected chi connectivity index (χ0v) is 20.2. The van der Waals surface area contributed by atoms with Gasteiger partial charge in [0.15, 0.2) is 11.0 Å². The summed E-state index contributed by atoms with van der Waals surface area (Å²) in [6, 6.07) is 16.6. The van der Waals surface area contributed by atoms with Gasteiger partial charge in [0.25, 0.3) is 0 Å². The molecule has 0 spiro atoms. The number of benzene rings is 2. The van der Waals surface area contributed by atoms with Crippen molar-refractivity contribution in [3.63, 3.8) is 0 Å². The van der Waals surface area contributed by atoms with Crippen LogP contribution in [0.1, 0.15) is 50.5 Å². The van der Waals surface area contributed by atoms with Crippen molar-refractivity contribution in [3.05, 3.63) is 54.1 Å². The van der Waals surface area contributed by atoms with Gasteiger partial charge in [-0.1, -0.05) is 60.9 Å². The summed E-state index contributed by atoms with van der Waals surface area (Å²) in [4.78, 5) is 12.3. The first-order chi connectivity index (χ1) is 16.1. The minimum absolute atomic E-state index is 0.166. The fourth-order valence-electron chi connectivity index (χ4n) is 4.16. The van der Waals surface area contributed by atoms with Crippen molar-refractivity contribution in [1.29, 1.82) is 0 Å². The minimum Gasteiger partial charge on any atom is -0.497 e. The molecule has 0 aliphatic heterocycles. The van der Waals surface area contributed by atoms with E-state index in [1.54, 1.807) is 18.9 Å². The molecular weight excluding hydrogens is 432 g/mol. The van der Waals surface area contributed by atoms with E-state index in [1.807, 2.05) is 24.3 Å². The summed E-state index contributed by atoms with van der Waals surface area (Å²) in [5, 5.41) is 13.0. The maximum atomic E-state index is 12.3. The quantitative estimate of drug-likeness (QED) is 0.331. The monoisotopic (exact) mass is 464 g/mol. The second kappa shape index (κ2) is 11.4. The number of thioether (sulfide) groups is 1. The van der Waals surface area contributed by atoms with Gasteiger partial charge in [-0.05, 0) is 50.5 Å². The number of methoxy groups -OCH3 is 1. The number of carbonyl (C=O) groups excluding carboxylic acids is 1. The molecule has 174 valence electrons. The second-order valence-corrected chi connectivity index (χ2v) is 9.62.